The number of aromatic nitrogens is 3. The summed E-state index contributed by atoms with van der Waals surface area (Å²) in [6, 6.07) is 8.21. The molecule has 6 nitrogen and oxygen atoms in total. The third kappa shape index (κ3) is 2.77. The predicted octanol–water partition coefficient (Wildman–Crippen LogP) is 4.69. The van der Waals surface area contributed by atoms with Gasteiger partial charge in [-0.2, -0.15) is 0 Å². The molecule has 0 amide bonds. The lowest BCUT2D eigenvalue weighted by atomic mass is 10.1. The maximum absolute atomic E-state index is 6.18. The first-order valence-corrected chi connectivity index (χ1v) is 9.22. The van der Waals surface area contributed by atoms with Gasteiger partial charge in [-0.05, 0) is 38.5 Å². The molecule has 4 aromatic rings. The summed E-state index contributed by atoms with van der Waals surface area (Å²) in [5.41, 5.74) is 3.63. The third-order valence-corrected chi connectivity index (χ3v) is 4.93. The van der Waals surface area contributed by atoms with E-state index in [2.05, 4.69) is 57.7 Å². The molecular weight excluding hydrogens is 338 g/mol. The van der Waals surface area contributed by atoms with Crippen LogP contribution in [0.5, 0.6) is 0 Å². The van der Waals surface area contributed by atoms with Gasteiger partial charge in [-0.3, -0.25) is 0 Å². The smallest absolute Gasteiger partial charge is 0.227 e. The number of pyridine rings is 1. The van der Waals surface area contributed by atoms with E-state index in [4.69, 9.17) is 4.42 Å². The average molecular weight is 361 g/mol. The highest BCUT2D eigenvalue weighted by molar-refractivity contribution is 6.09. The van der Waals surface area contributed by atoms with Crippen LogP contribution in [0, 0.1) is 6.92 Å². The van der Waals surface area contributed by atoms with Crippen LogP contribution in [0.15, 0.2) is 47.3 Å². The van der Waals surface area contributed by atoms with Gasteiger partial charge in [0.2, 0.25) is 5.71 Å². The summed E-state index contributed by atoms with van der Waals surface area (Å²) in [6.07, 6.45) is 5.23. The summed E-state index contributed by atoms with van der Waals surface area (Å²) >= 11 is 0. The fourth-order valence-corrected chi connectivity index (χ4v) is 3.44. The van der Waals surface area contributed by atoms with Gasteiger partial charge < -0.3 is 14.2 Å². The Labute approximate surface area is 158 Å². The van der Waals surface area contributed by atoms with Gasteiger partial charge in [-0.25, -0.2) is 15.0 Å². The number of hydrogen-bond donors (Lipinski definition) is 0. The average Bonchev–Trinajstić information content (AvgIpc) is 3.08. The van der Waals surface area contributed by atoms with Crippen molar-refractivity contribution in [2.75, 3.05) is 29.9 Å². The Morgan fingerprint density at radius 1 is 0.889 bits per heavy atom. The fourth-order valence-electron chi connectivity index (χ4n) is 3.44. The molecule has 0 saturated carbocycles. The zero-order chi connectivity index (χ0) is 19.0. The van der Waals surface area contributed by atoms with Crippen LogP contribution in [0.4, 0.5) is 17.3 Å². The molecule has 6 heteroatoms. The molecule has 3 heterocycles. The van der Waals surface area contributed by atoms with E-state index in [-0.39, 0.29) is 0 Å². The minimum atomic E-state index is 0.653. The number of furan rings is 1. The maximum Gasteiger partial charge on any atom is 0.227 e. The SMILES string of the molecule is CCN(C)c1nccnc1N(CC)c1c(C)ccc2c1oc1ncccc12. The number of rotatable bonds is 5. The molecule has 0 unspecified atom stereocenters. The topological polar surface area (TPSA) is 58.3 Å². The molecule has 3 aromatic heterocycles. The Morgan fingerprint density at radius 3 is 2.41 bits per heavy atom. The highest BCUT2D eigenvalue weighted by atomic mass is 16.3. The number of nitrogens with zero attached hydrogens (tertiary/aromatic N) is 5. The predicted molar refractivity (Wildman–Crippen MR) is 110 cm³/mol. The Kier molecular flexibility index (Phi) is 4.39. The second kappa shape index (κ2) is 6.87. The van der Waals surface area contributed by atoms with Gasteiger partial charge in [0.25, 0.3) is 0 Å². The largest absolute Gasteiger partial charge is 0.435 e. The molecule has 1 aromatic carbocycles. The molecule has 0 N–H and O–H groups in total. The molecule has 0 aliphatic heterocycles. The van der Waals surface area contributed by atoms with Gasteiger partial charge in [0, 0.05) is 49.5 Å². The normalized spacial score (nSPS) is 11.3. The van der Waals surface area contributed by atoms with Gasteiger partial charge in [0.1, 0.15) is 0 Å². The summed E-state index contributed by atoms with van der Waals surface area (Å²) in [4.78, 5) is 17.9. The summed E-state index contributed by atoms with van der Waals surface area (Å²) in [6.45, 7) is 7.90. The van der Waals surface area contributed by atoms with Crippen molar-refractivity contribution in [3.8, 4) is 0 Å². The molecule has 0 atom stereocenters. The Bertz CT molecular complexity index is 1100. The Balaban J connectivity index is 1.99. The summed E-state index contributed by atoms with van der Waals surface area (Å²) in [7, 11) is 2.03. The lowest BCUT2D eigenvalue weighted by molar-refractivity contribution is 0.652. The van der Waals surface area contributed by atoms with E-state index in [1.165, 1.54) is 0 Å². The highest BCUT2D eigenvalue weighted by Crippen LogP contribution is 2.40. The molecule has 138 valence electrons. The zero-order valence-corrected chi connectivity index (χ0v) is 16.1. The quantitative estimate of drug-likeness (QED) is 0.514. The first-order chi connectivity index (χ1) is 13.2. The van der Waals surface area contributed by atoms with E-state index in [0.29, 0.717) is 5.71 Å². The van der Waals surface area contributed by atoms with Crippen LogP contribution >= 0.6 is 0 Å². The summed E-state index contributed by atoms with van der Waals surface area (Å²) in [5.74, 6) is 1.68. The van der Waals surface area contributed by atoms with Crippen LogP contribution in [-0.2, 0) is 0 Å². The number of fused-ring (bicyclic) bond motifs is 3. The molecule has 0 bridgehead atoms. The second-order valence-corrected chi connectivity index (χ2v) is 6.53. The lowest BCUT2D eigenvalue weighted by Crippen LogP contribution is -2.25. The van der Waals surface area contributed by atoms with Crippen molar-refractivity contribution in [1.82, 2.24) is 15.0 Å². The zero-order valence-electron chi connectivity index (χ0n) is 16.1. The van der Waals surface area contributed by atoms with Gasteiger partial charge in [-0.1, -0.05) is 12.1 Å². The summed E-state index contributed by atoms with van der Waals surface area (Å²) in [5, 5.41) is 2.08. The Hall–Kier alpha value is -3.15. The van der Waals surface area contributed by atoms with Crippen molar-refractivity contribution in [3.05, 3.63) is 48.4 Å². The number of hydrogen-bond acceptors (Lipinski definition) is 6. The van der Waals surface area contributed by atoms with Crippen molar-refractivity contribution >= 4 is 39.4 Å². The Morgan fingerprint density at radius 2 is 1.67 bits per heavy atom. The lowest BCUT2D eigenvalue weighted by Gasteiger charge is -2.28. The molecule has 4 rings (SSSR count). The monoisotopic (exact) mass is 361 g/mol. The van der Waals surface area contributed by atoms with E-state index < -0.39 is 0 Å². The minimum Gasteiger partial charge on any atom is -0.435 e. The first kappa shape index (κ1) is 17.3. The van der Waals surface area contributed by atoms with Crippen LogP contribution in [-0.4, -0.2) is 35.1 Å². The van der Waals surface area contributed by atoms with Crippen LogP contribution in [0.1, 0.15) is 19.4 Å². The van der Waals surface area contributed by atoms with Crippen molar-refractivity contribution in [3.63, 3.8) is 0 Å². The third-order valence-electron chi connectivity index (χ3n) is 4.93. The number of aryl methyl sites for hydroxylation is 1. The molecule has 0 radical (unpaired) electrons. The maximum atomic E-state index is 6.18. The molecular formula is C21H23N5O. The minimum absolute atomic E-state index is 0.653. The van der Waals surface area contributed by atoms with Gasteiger partial charge in [-0.15, -0.1) is 0 Å². The molecule has 0 aliphatic rings. The van der Waals surface area contributed by atoms with E-state index in [9.17, 15) is 0 Å². The van der Waals surface area contributed by atoms with E-state index >= 15 is 0 Å². The van der Waals surface area contributed by atoms with Gasteiger partial charge in [0.15, 0.2) is 17.2 Å². The first-order valence-electron chi connectivity index (χ1n) is 9.22. The number of benzene rings is 1. The van der Waals surface area contributed by atoms with E-state index in [0.717, 1.165) is 52.3 Å². The summed E-state index contributed by atoms with van der Waals surface area (Å²) < 4.78 is 6.18. The van der Waals surface area contributed by atoms with E-state index in [1.54, 1.807) is 18.6 Å². The molecule has 0 spiro atoms. The second-order valence-electron chi connectivity index (χ2n) is 6.53. The van der Waals surface area contributed by atoms with Crippen LogP contribution in [0.3, 0.4) is 0 Å². The molecule has 0 fully saturated rings. The van der Waals surface area contributed by atoms with Crippen molar-refractivity contribution < 1.29 is 4.42 Å². The fraction of sp³-hybridized carbons (Fsp3) is 0.286. The van der Waals surface area contributed by atoms with Gasteiger partial charge in [0.05, 0.1) is 5.69 Å². The van der Waals surface area contributed by atoms with E-state index in [1.807, 2.05) is 19.2 Å². The standard InChI is InChI=1S/C21H23N5O/c1-5-25(4)19-20(23-13-12-22-19)26(6-2)17-14(3)9-10-15-16-8-7-11-24-21(16)27-18(15)17/h7-13H,5-6H2,1-4H3. The van der Waals surface area contributed by atoms with Crippen molar-refractivity contribution in [2.45, 2.75) is 20.8 Å². The van der Waals surface area contributed by atoms with Crippen molar-refractivity contribution in [1.29, 1.82) is 0 Å². The van der Waals surface area contributed by atoms with Gasteiger partial charge >= 0.3 is 0 Å². The van der Waals surface area contributed by atoms with Crippen LogP contribution < -0.4 is 9.80 Å². The van der Waals surface area contributed by atoms with Crippen LogP contribution in [0.2, 0.25) is 0 Å². The van der Waals surface area contributed by atoms with Crippen molar-refractivity contribution in [2.24, 2.45) is 0 Å². The highest BCUT2D eigenvalue weighted by Gasteiger charge is 2.23. The molecule has 0 saturated heterocycles. The molecule has 27 heavy (non-hydrogen) atoms. The van der Waals surface area contributed by atoms with Crippen LogP contribution in [0.25, 0.3) is 22.1 Å². The molecule has 0 aliphatic carbocycles. The number of anilines is 3.